The van der Waals surface area contributed by atoms with Gasteiger partial charge < -0.3 is 11.1 Å². The van der Waals surface area contributed by atoms with E-state index in [1.807, 2.05) is 6.07 Å². The van der Waals surface area contributed by atoms with E-state index in [9.17, 15) is 0 Å². The Morgan fingerprint density at radius 2 is 1.94 bits per heavy atom. The van der Waals surface area contributed by atoms with Crippen LogP contribution in [0.25, 0.3) is 0 Å². The molecule has 3 heteroatoms. The Bertz CT molecular complexity index is 337. The van der Waals surface area contributed by atoms with E-state index in [4.69, 9.17) is 5.73 Å². The number of halogens is 1. The standard InChI is InChI=1S/C13H21IN2/c1-9(2)4-5-10(3)16-13-7-6-11(14)8-12(13)15/h6-10,16H,4-5,15H2,1-3H3. The van der Waals surface area contributed by atoms with Crippen LogP contribution < -0.4 is 11.1 Å². The molecule has 3 N–H and O–H groups in total. The highest BCUT2D eigenvalue weighted by Gasteiger charge is 2.06. The Labute approximate surface area is 112 Å². The van der Waals surface area contributed by atoms with Crippen molar-refractivity contribution in [1.82, 2.24) is 0 Å². The summed E-state index contributed by atoms with van der Waals surface area (Å²) in [6, 6.07) is 6.61. The molecule has 1 atom stereocenters. The van der Waals surface area contributed by atoms with Crippen LogP contribution in [-0.2, 0) is 0 Å². The molecule has 0 aromatic heterocycles. The first kappa shape index (κ1) is 13.6. The summed E-state index contributed by atoms with van der Waals surface area (Å²) in [5.41, 5.74) is 7.85. The molecule has 1 aromatic carbocycles. The second-order valence-corrected chi connectivity index (χ2v) is 5.99. The van der Waals surface area contributed by atoms with Gasteiger partial charge in [-0.3, -0.25) is 0 Å². The fraction of sp³-hybridized carbons (Fsp3) is 0.538. The molecule has 0 amide bonds. The number of hydrogen-bond donors (Lipinski definition) is 2. The molecule has 16 heavy (non-hydrogen) atoms. The topological polar surface area (TPSA) is 38.0 Å². The average molecular weight is 332 g/mol. The average Bonchev–Trinajstić information content (AvgIpc) is 2.19. The van der Waals surface area contributed by atoms with Crippen molar-refractivity contribution < 1.29 is 0 Å². The fourth-order valence-corrected chi connectivity index (χ4v) is 2.10. The number of nitrogens with one attached hydrogen (secondary N) is 1. The first-order valence-electron chi connectivity index (χ1n) is 5.80. The number of nitrogen functional groups attached to an aromatic ring is 1. The van der Waals surface area contributed by atoms with Gasteiger partial charge in [-0.25, -0.2) is 0 Å². The van der Waals surface area contributed by atoms with Crippen LogP contribution in [0.2, 0.25) is 0 Å². The van der Waals surface area contributed by atoms with E-state index in [1.165, 1.54) is 16.4 Å². The third-order valence-corrected chi connectivity index (χ3v) is 3.26. The second-order valence-electron chi connectivity index (χ2n) is 4.75. The number of anilines is 2. The number of nitrogens with two attached hydrogens (primary N) is 1. The normalized spacial score (nSPS) is 12.8. The lowest BCUT2D eigenvalue weighted by atomic mass is 10.0. The van der Waals surface area contributed by atoms with Crippen LogP contribution in [0.3, 0.4) is 0 Å². The molecule has 0 saturated heterocycles. The quantitative estimate of drug-likeness (QED) is 0.629. The number of benzene rings is 1. The van der Waals surface area contributed by atoms with Crippen LogP contribution in [0.5, 0.6) is 0 Å². The largest absolute Gasteiger partial charge is 0.397 e. The van der Waals surface area contributed by atoms with Gasteiger partial charge >= 0.3 is 0 Å². The Kier molecular flexibility index (Phi) is 5.38. The van der Waals surface area contributed by atoms with E-state index < -0.39 is 0 Å². The highest BCUT2D eigenvalue weighted by atomic mass is 127. The molecular formula is C13H21IN2. The van der Waals surface area contributed by atoms with Gasteiger partial charge in [-0.1, -0.05) is 13.8 Å². The van der Waals surface area contributed by atoms with Gasteiger partial charge in [0.15, 0.2) is 0 Å². The molecule has 1 rings (SSSR count). The molecule has 0 aliphatic heterocycles. The van der Waals surface area contributed by atoms with E-state index in [0.29, 0.717) is 6.04 Å². The van der Waals surface area contributed by atoms with Crippen molar-refractivity contribution in [2.45, 2.75) is 39.7 Å². The summed E-state index contributed by atoms with van der Waals surface area (Å²) < 4.78 is 1.18. The third-order valence-electron chi connectivity index (χ3n) is 2.59. The second kappa shape index (κ2) is 6.33. The van der Waals surface area contributed by atoms with Gasteiger partial charge in [0.25, 0.3) is 0 Å². The van der Waals surface area contributed by atoms with E-state index in [-0.39, 0.29) is 0 Å². The van der Waals surface area contributed by atoms with Crippen molar-refractivity contribution in [3.05, 3.63) is 21.8 Å². The molecule has 0 radical (unpaired) electrons. The molecule has 0 aliphatic rings. The molecular weight excluding hydrogens is 311 g/mol. The first-order valence-corrected chi connectivity index (χ1v) is 6.88. The number of hydrogen-bond acceptors (Lipinski definition) is 2. The highest BCUT2D eigenvalue weighted by Crippen LogP contribution is 2.22. The predicted molar refractivity (Wildman–Crippen MR) is 80.7 cm³/mol. The summed E-state index contributed by atoms with van der Waals surface area (Å²) >= 11 is 2.27. The van der Waals surface area contributed by atoms with Gasteiger partial charge in [0, 0.05) is 9.61 Å². The van der Waals surface area contributed by atoms with Crippen molar-refractivity contribution in [1.29, 1.82) is 0 Å². The third kappa shape index (κ3) is 4.60. The summed E-state index contributed by atoms with van der Waals surface area (Å²) in [5.74, 6) is 0.762. The van der Waals surface area contributed by atoms with E-state index in [2.05, 4.69) is 60.8 Å². The maximum absolute atomic E-state index is 5.96. The van der Waals surface area contributed by atoms with E-state index in [1.54, 1.807) is 0 Å². The minimum atomic E-state index is 0.477. The van der Waals surface area contributed by atoms with Gasteiger partial charge in [-0.05, 0) is 66.5 Å². The SMILES string of the molecule is CC(C)CCC(C)Nc1ccc(I)cc1N. The minimum Gasteiger partial charge on any atom is -0.397 e. The number of rotatable bonds is 5. The Hall–Kier alpha value is -0.450. The van der Waals surface area contributed by atoms with Gasteiger partial charge in [0.05, 0.1) is 11.4 Å². The lowest BCUT2D eigenvalue weighted by Crippen LogP contribution is -2.16. The maximum Gasteiger partial charge on any atom is 0.0576 e. The zero-order chi connectivity index (χ0) is 12.1. The van der Waals surface area contributed by atoms with Crippen LogP contribution >= 0.6 is 22.6 Å². The van der Waals surface area contributed by atoms with Crippen molar-refractivity contribution in [2.24, 2.45) is 5.92 Å². The molecule has 0 heterocycles. The van der Waals surface area contributed by atoms with Crippen LogP contribution in [-0.4, -0.2) is 6.04 Å². The zero-order valence-electron chi connectivity index (χ0n) is 10.3. The van der Waals surface area contributed by atoms with Crippen LogP contribution in [0.15, 0.2) is 18.2 Å². The Morgan fingerprint density at radius 1 is 1.25 bits per heavy atom. The molecule has 1 aromatic rings. The molecule has 0 aliphatic carbocycles. The Morgan fingerprint density at radius 3 is 2.50 bits per heavy atom. The van der Waals surface area contributed by atoms with Crippen LogP contribution in [0, 0.1) is 9.49 Å². The summed E-state index contributed by atoms with van der Waals surface area (Å²) in [7, 11) is 0. The summed E-state index contributed by atoms with van der Waals surface area (Å²) in [6.45, 7) is 6.72. The zero-order valence-corrected chi connectivity index (χ0v) is 12.4. The first-order chi connectivity index (χ1) is 7.49. The summed E-state index contributed by atoms with van der Waals surface area (Å²) in [4.78, 5) is 0. The van der Waals surface area contributed by atoms with Crippen molar-refractivity contribution in [2.75, 3.05) is 11.1 Å². The highest BCUT2D eigenvalue weighted by molar-refractivity contribution is 14.1. The smallest absolute Gasteiger partial charge is 0.0576 e. The lowest BCUT2D eigenvalue weighted by Gasteiger charge is -2.17. The molecule has 90 valence electrons. The molecule has 0 spiro atoms. The molecule has 0 saturated carbocycles. The minimum absolute atomic E-state index is 0.477. The summed E-state index contributed by atoms with van der Waals surface area (Å²) in [5, 5.41) is 3.46. The monoisotopic (exact) mass is 332 g/mol. The molecule has 0 bridgehead atoms. The molecule has 0 fully saturated rings. The van der Waals surface area contributed by atoms with Crippen molar-refractivity contribution in [3.63, 3.8) is 0 Å². The van der Waals surface area contributed by atoms with Crippen molar-refractivity contribution in [3.8, 4) is 0 Å². The molecule has 1 unspecified atom stereocenters. The predicted octanol–water partition coefficient (Wildman–Crippen LogP) is 4.11. The fourth-order valence-electron chi connectivity index (χ4n) is 1.59. The van der Waals surface area contributed by atoms with Gasteiger partial charge in [0.1, 0.15) is 0 Å². The van der Waals surface area contributed by atoms with Gasteiger partial charge in [0.2, 0.25) is 0 Å². The van der Waals surface area contributed by atoms with Gasteiger partial charge in [-0.2, -0.15) is 0 Å². The Balaban J connectivity index is 2.52. The van der Waals surface area contributed by atoms with E-state index >= 15 is 0 Å². The van der Waals surface area contributed by atoms with Crippen molar-refractivity contribution >= 4 is 34.0 Å². The van der Waals surface area contributed by atoms with Crippen LogP contribution in [0.4, 0.5) is 11.4 Å². The lowest BCUT2D eigenvalue weighted by molar-refractivity contribution is 0.528. The van der Waals surface area contributed by atoms with Crippen LogP contribution in [0.1, 0.15) is 33.6 Å². The molecule has 2 nitrogen and oxygen atoms in total. The summed E-state index contributed by atoms with van der Waals surface area (Å²) in [6.07, 6.45) is 2.43. The van der Waals surface area contributed by atoms with Gasteiger partial charge in [-0.15, -0.1) is 0 Å². The van der Waals surface area contributed by atoms with E-state index in [0.717, 1.165) is 17.3 Å². The maximum atomic E-state index is 5.96.